The number of aliphatic hydroxyl groups excluding tert-OH is 2. The van der Waals surface area contributed by atoms with E-state index in [9.17, 15) is 43.8 Å². The van der Waals surface area contributed by atoms with Crippen LogP contribution in [0.4, 0.5) is 0 Å². The van der Waals surface area contributed by atoms with Gasteiger partial charge in [-0.15, -0.1) is 0 Å². The van der Waals surface area contributed by atoms with E-state index < -0.39 is 116 Å². The van der Waals surface area contributed by atoms with Crippen molar-refractivity contribution in [3.63, 3.8) is 0 Å². The molecule has 3 heterocycles. The second-order valence-electron chi connectivity index (χ2n) is 11.0. The molecule has 0 aliphatic carbocycles. The summed E-state index contributed by atoms with van der Waals surface area (Å²) in [6, 6.07) is 4.05. The summed E-state index contributed by atoms with van der Waals surface area (Å²) in [7, 11) is 0. The number of carbonyl (C=O) groups is 7. The minimum absolute atomic E-state index is 0.00221. The Hall–Kier alpha value is -4.49. The Labute approximate surface area is 273 Å². The number of hydrogen-bond donors (Lipinski definition) is 2. The van der Waals surface area contributed by atoms with Crippen LogP contribution in [0.5, 0.6) is 0 Å². The number of imide groups is 1. The van der Waals surface area contributed by atoms with Crippen LogP contribution in [0.2, 0.25) is 0 Å². The quantitative estimate of drug-likeness (QED) is 0.167. The SMILES string of the molecule is CC(=O)OC[C@H]1O[C@@H](O[C@H]2[C@H](OC(C)=O)[C@@H](N3C(=O)c4ccccc4C3=O)[C@@H](O)O[C@@H]2CO)[C@H](OC(C)=O)[C@@H](OC(C)=O)[C@H]1OC(C)=O. The van der Waals surface area contributed by atoms with Crippen molar-refractivity contribution in [2.75, 3.05) is 13.2 Å². The predicted molar refractivity (Wildman–Crippen MR) is 151 cm³/mol. The highest BCUT2D eigenvalue weighted by Crippen LogP contribution is 2.37. The lowest BCUT2D eigenvalue weighted by Gasteiger charge is -2.49. The molecule has 2 N–H and O–H groups in total. The molecule has 0 aromatic heterocycles. The zero-order chi connectivity index (χ0) is 35.4. The van der Waals surface area contributed by atoms with E-state index in [1.54, 1.807) is 0 Å². The molecule has 0 spiro atoms. The molecule has 2 fully saturated rings. The Kier molecular flexibility index (Phi) is 11.5. The second kappa shape index (κ2) is 15.2. The first-order chi connectivity index (χ1) is 22.6. The van der Waals surface area contributed by atoms with Gasteiger partial charge in [0.15, 0.2) is 37.0 Å². The van der Waals surface area contributed by atoms with E-state index in [0.29, 0.717) is 4.90 Å². The highest BCUT2D eigenvalue weighted by molar-refractivity contribution is 6.21. The Morgan fingerprint density at radius 1 is 0.688 bits per heavy atom. The van der Waals surface area contributed by atoms with Gasteiger partial charge in [0.1, 0.15) is 31.0 Å². The summed E-state index contributed by atoms with van der Waals surface area (Å²) in [6.45, 7) is 3.67. The Balaban J connectivity index is 1.79. The number of benzene rings is 1. The number of esters is 5. The lowest BCUT2D eigenvalue weighted by atomic mass is 9.94. The molecular weight excluding hydrogens is 646 g/mol. The third kappa shape index (κ3) is 7.79. The summed E-state index contributed by atoms with van der Waals surface area (Å²) in [5, 5.41) is 21.3. The Morgan fingerprint density at radius 3 is 1.69 bits per heavy atom. The molecule has 0 saturated carbocycles. The molecule has 3 aliphatic rings. The van der Waals surface area contributed by atoms with Gasteiger partial charge < -0.3 is 48.1 Å². The van der Waals surface area contributed by atoms with Gasteiger partial charge in [-0.05, 0) is 12.1 Å². The number of rotatable bonds is 10. The monoisotopic (exact) mass is 681 g/mol. The normalized spacial score (nSPS) is 31.4. The summed E-state index contributed by atoms with van der Waals surface area (Å²) >= 11 is 0. The van der Waals surface area contributed by atoms with Crippen molar-refractivity contribution in [3.05, 3.63) is 35.4 Å². The van der Waals surface area contributed by atoms with Crippen LogP contribution in [-0.4, -0.2) is 131 Å². The minimum Gasteiger partial charge on any atom is -0.463 e. The summed E-state index contributed by atoms with van der Waals surface area (Å²) in [4.78, 5) is 88.2. The van der Waals surface area contributed by atoms with Crippen molar-refractivity contribution in [1.29, 1.82) is 0 Å². The first kappa shape index (κ1) is 36.3. The molecule has 48 heavy (non-hydrogen) atoms. The Morgan fingerprint density at radius 2 is 1.19 bits per heavy atom. The van der Waals surface area contributed by atoms with Crippen molar-refractivity contribution in [2.24, 2.45) is 0 Å². The van der Waals surface area contributed by atoms with Gasteiger partial charge >= 0.3 is 29.8 Å². The van der Waals surface area contributed by atoms with Gasteiger partial charge in [-0.25, -0.2) is 0 Å². The number of nitrogens with zero attached hydrogens (tertiary/aromatic N) is 1. The van der Waals surface area contributed by atoms with Crippen molar-refractivity contribution in [2.45, 2.75) is 96.0 Å². The van der Waals surface area contributed by atoms with Crippen LogP contribution >= 0.6 is 0 Å². The first-order valence-electron chi connectivity index (χ1n) is 14.7. The molecule has 2 amide bonds. The van der Waals surface area contributed by atoms with Gasteiger partial charge in [-0.3, -0.25) is 38.5 Å². The maximum absolute atomic E-state index is 13.4. The fourth-order valence-electron chi connectivity index (χ4n) is 5.75. The molecule has 18 nitrogen and oxygen atoms in total. The van der Waals surface area contributed by atoms with Gasteiger partial charge in [0.05, 0.1) is 17.7 Å². The van der Waals surface area contributed by atoms with Crippen LogP contribution in [0.3, 0.4) is 0 Å². The number of hydrogen-bond acceptors (Lipinski definition) is 17. The fraction of sp³-hybridized carbons (Fsp3) is 0.567. The van der Waals surface area contributed by atoms with Crippen LogP contribution in [-0.2, 0) is 61.9 Å². The second-order valence-corrected chi connectivity index (χ2v) is 11.0. The molecule has 0 unspecified atom stereocenters. The standard InChI is InChI=1S/C30H35NO17/c1-12(33)41-11-20-23(42-13(2)34)25(44-15(4)36)26(45-16(5)37)30(47-20)48-22-19(10-32)46-29(40)21(24(22)43-14(3)35)31-27(38)17-8-6-7-9-18(17)28(31)39/h6-9,19-26,29-30,32,40H,10-11H2,1-5H3/t19-,20-,21-,22-,23+,24-,25+,26-,29+,30+/m1/s1. The van der Waals surface area contributed by atoms with E-state index in [4.69, 9.17) is 37.9 Å². The summed E-state index contributed by atoms with van der Waals surface area (Å²) in [5.41, 5.74) is -0.00442. The number of fused-ring (bicyclic) bond motifs is 1. The number of aliphatic hydroxyl groups is 2. The third-order valence-electron chi connectivity index (χ3n) is 7.48. The highest BCUT2D eigenvalue weighted by atomic mass is 16.8. The molecule has 10 atom stereocenters. The van der Waals surface area contributed by atoms with Crippen molar-refractivity contribution >= 4 is 41.7 Å². The van der Waals surface area contributed by atoms with Crippen molar-refractivity contribution in [3.8, 4) is 0 Å². The van der Waals surface area contributed by atoms with E-state index >= 15 is 0 Å². The van der Waals surface area contributed by atoms with Gasteiger partial charge in [0.2, 0.25) is 0 Å². The van der Waals surface area contributed by atoms with E-state index in [1.165, 1.54) is 24.3 Å². The van der Waals surface area contributed by atoms with E-state index in [-0.39, 0.29) is 11.1 Å². The maximum atomic E-state index is 13.4. The molecule has 4 rings (SSSR count). The van der Waals surface area contributed by atoms with Crippen molar-refractivity contribution < 1.29 is 81.7 Å². The molecule has 1 aromatic rings. The van der Waals surface area contributed by atoms with Crippen LogP contribution in [0.15, 0.2) is 24.3 Å². The van der Waals surface area contributed by atoms with Gasteiger partial charge in [0.25, 0.3) is 11.8 Å². The smallest absolute Gasteiger partial charge is 0.303 e. The summed E-state index contributed by atoms with van der Waals surface area (Å²) in [6.07, 6.45) is -15.2. The predicted octanol–water partition coefficient (Wildman–Crippen LogP) is -1.24. The average Bonchev–Trinajstić information content (AvgIpc) is 3.24. The third-order valence-corrected chi connectivity index (χ3v) is 7.48. The average molecular weight is 682 g/mol. The molecule has 1 aromatic carbocycles. The van der Waals surface area contributed by atoms with E-state index in [2.05, 4.69) is 0 Å². The van der Waals surface area contributed by atoms with Gasteiger partial charge in [0, 0.05) is 34.6 Å². The molecule has 262 valence electrons. The minimum atomic E-state index is -2.01. The van der Waals surface area contributed by atoms with Crippen LogP contribution in [0.25, 0.3) is 0 Å². The molecule has 18 heteroatoms. The molecule has 0 bridgehead atoms. The molecule has 2 saturated heterocycles. The topological polar surface area (TPSA) is 237 Å². The van der Waals surface area contributed by atoms with E-state index in [1.807, 2.05) is 0 Å². The number of ether oxygens (including phenoxy) is 8. The molecular formula is C30H35NO17. The zero-order valence-electron chi connectivity index (χ0n) is 26.5. The van der Waals surface area contributed by atoms with E-state index in [0.717, 1.165) is 34.6 Å². The van der Waals surface area contributed by atoms with Crippen LogP contribution in [0, 0.1) is 0 Å². The lowest BCUT2D eigenvalue weighted by molar-refractivity contribution is -0.350. The summed E-state index contributed by atoms with van der Waals surface area (Å²) < 4.78 is 44.4. The first-order valence-corrected chi connectivity index (χ1v) is 14.7. The van der Waals surface area contributed by atoms with Crippen molar-refractivity contribution in [1.82, 2.24) is 4.90 Å². The molecule has 3 aliphatic heterocycles. The number of amides is 2. The Bertz CT molecular complexity index is 1410. The fourth-order valence-corrected chi connectivity index (χ4v) is 5.75. The van der Waals surface area contributed by atoms with Crippen LogP contribution in [0.1, 0.15) is 55.3 Å². The lowest BCUT2D eigenvalue weighted by Crippen LogP contribution is -2.69. The summed E-state index contributed by atoms with van der Waals surface area (Å²) in [5.74, 6) is -6.16. The number of carbonyl (C=O) groups excluding carboxylic acids is 7. The van der Waals surface area contributed by atoms with Gasteiger partial charge in [-0.1, -0.05) is 12.1 Å². The van der Waals surface area contributed by atoms with Crippen LogP contribution < -0.4 is 0 Å². The zero-order valence-corrected chi connectivity index (χ0v) is 26.5. The molecule has 0 radical (unpaired) electrons. The largest absolute Gasteiger partial charge is 0.463 e. The van der Waals surface area contributed by atoms with Gasteiger partial charge in [-0.2, -0.15) is 0 Å². The highest BCUT2D eigenvalue weighted by Gasteiger charge is 2.59. The maximum Gasteiger partial charge on any atom is 0.303 e.